The van der Waals surface area contributed by atoms with E-state index in [2.05, 4.69) is 96.1 Å². The summed E-state index contributed by atoms with van der Waals surface area (Å²) in [6, 6.07) is 1.23. The SMILES string of the molecule is CC/C=C\C/C=C\C/C=C\C/C=C\C=C/C(O)C/C=C\CCC(=O)O[C@H](COC(=O)CC/C=C\C/C=C\C/C=C\C/C=C\C/C=C\CCCCC)COP(=O)(O)OP(=O)(O)OC[C@H]1O[C@@H](n2ccc(N)nc2=O)[C@H](O)[C@@H]1O. The summed E-state index contributed by atoms with van der Waals surface area (Å²) in [6.45, 7) is 1.76. The second-order valence-corrected chi connectivity index (χ2v) is 20.5. The molecule has 0 radical (unpaired) electrons. The first kappa shape index (κ1) is 68.0. The Morgan fingerprint density at radius 3 is 1.82 bits per heavy atom. The van der Waals surface area contributed by atoms with Crippen molar-refractivity contribution >= 4 is 33.4 Å². The van der Waals surface area contributed by atoms with Gasteiger partial charge in [0, 0.05) is 19.0 Å². The van der Waals surface area contributed by atoms with Crippen molar-refractivity contribution < 1.29 is 71.4 Å². The van der Waals surface area contributed by atoms with Gasteiger partial charge in [-0.05, 0) is 89.5 Å². The Hall–Kier alpha value is -5.14. The molecule has 8 atom stereocenters. The third kappa shape index (κ3) is 34.4. The Bertz CT molecular complexity index is 2340. The molecule has 428 valence electrons. The first-order chi connectivity index (χ1) is 37.1. The van der Waals surface area contributed by atoms with Gasteiger partial charge in [0.05, 0.1) is 19.3 Å². The Balaban J connectivity index is 1.89. The largest absolute Gasteiger partial charge is 0.481 e. The number of phosphoric ester groups is 2. The smallest absolute Gasteiger partial charge is 0.462 e. The number of allylic oxidation sites excluding steroid dienone is 20. The number of aliphatic hydroxyl groups is 3. The standard InChI is InChI=1S/C56H83N3O16P2/c1-3-5-7-9-11-13-15-17-18-19-20-21-22-24-26-28-30-32-36-40-51(61)70-44-48(73-52(62)41-37-33-35-39-47(60)38-34-31-29-27-25-23-16-14-12-10-8-6-4-2)45-71-76(66,67)75-77(68,69)72-46-49-53(63)54(64)55(74-49)59-43-42-50(57)58-56(59)65/h6,8,11-14,17-18,20-21,23-26,29-35,38,42-43,47-49,53-55,60,63-64H,3-5,7,9-10,15-16,19,22,27-28,36-37,39-41,44-46H2,1-2H3,(H,66,67)(H,68,69)(H2,57,58,65)/b8-6-,13-11-,14-12-,18-17-,21-20-,25-23-,26-24-,31-29-,32-30-,35-33-,38-34-/t47?,48-,49-,53-,54-,55-/m1/s1. The van der Waals surface area contributed by atoms with Gasteiger partial charge in [-0.3, -0.25) is 23.2 Å². The molecule has 1 aliphatic heterocycles. The Kier molecular flexibility index (Phi) is 37.0. The van der Waals surface area contributed by atoms with Gasteiger partial charge in [-0.25, -0.2) is 13.9 Å². The van der Waals surface area contributed by atoms with Gasteiger partial charge >= 0.3 is 33.3 Å². The molecule has 19 nitrogen and oxygen atoms in total. The number of nitrogen functional groups attached to an aromatic ring is 1. The molecule has 1 aromatic heterocycles. The number of anilines is 1. The number of unbranched alkanes of at least 4 members (excludes halogenated alkanes) is 3. The summed E-state index contributed by atoms with van der Waals surface area (Å²) < 4.78 is 56.6. The molecule has 1 aromatic rings. The van der Waals surface area contributed by atoms with Gasteiger partial charge in [-0.1, -0.05) is 160 Å². The van der Waals surface area contributed by atoms with E-state index >= 15 is 0 Å². The quantitative estimate of drug-likeness (QED) is 0.0117. The molecule has 2 heterocycles. The van der Waals surface area contributed by atoms with Crippen molar-refractivity contribution in [2.75, 3.05) is 25.6 Å². The summed E-state index contributed by atoms with van der Waals surface area (Å²) in [5.41, 5.74) is 4.57. The van der Waals surface area contributed by atoms with Crippen LogP contribution in [0.4, 0.5) is 5.82 Å². The molecule has 1 fully saturated rings. The van der Waals surface area contributed by atoms with E-state index < -0.39 is 89.8 Å². The topological polar surface area (TPSA) is 286 Å². The predicted molar refractivity (Wildman–Crippen MR) is 299 cm³/mol. The summed E-state index contributed by atoms with van der Waals surface area (Å²) in [7, 11) is -11.0. The van der Waals surface area contributed by atoms with Crippen molar-refractivity contribution in [2.45, 2.75) is 160 Å². The number of hydrogen-bond acceptors (Lipinski definition) is 16. The average molecular weight is 1120 g/mol. The van der Waals surface area contributed by atoms with Gasteiger partial charge in [-0.2, -0.15) is 9.29 Å². The average Bonchev–Trinajstić information content (AvgIpc) is 3.66. The van der Waals surface area contributed by atoms with E-state index in [9.17, 15) is 48.6 Å². The molecule has 0 aliphatic carbocycles. The highest BCUT2D eigenvalue weighted by Gasteiger charge is 2.46. The molecule has 2 rings (SSSR count). The summed E-state index contributed by atoms with van der Waals surface area (Å²) in [5.74, 6) is -1.61. The predicted octanol–water partition coefficient (Wildman–Crippen LogP) is 10.3. The monoisotopic (exact) mass is 1120 g/mol. The molecule has 3 unspecified atom stereocenters. The summed E-state index contributed by atoms with van der Waals surface area (Å²) in [4.78, 5) is 61.9. The van der Waals surface area contributed by atoms with Gasteiger partial charge in [0.1, 0.15) is 30.7 Å². The van der Waals surface area contributed by atoms with Crippen molar-refractivity contribution in [3.63, 3.8) is 0 Å². The van der Waals surface area contributed by atoms with E-state index in [4.69, 9.17) is 29.0 Å². The van der Waals surface area contributed by atoms with Crippen LogP contribution in [0.1, 0.15) is 129 Å². The Morgan fingerprint density at radius 1 is 0.701 bits per heavy atom. The summed E-state index contributed by atoms with van der Waals surface area (Å²) in [6.07, 6.45) is 48.6. The molecule has 7 N–H and O–H groups in total. The molecule has 0 saturated carbocycles. The lowest BCUT2D eigenvalue weighted by Gasteiger charge is -2.21. The zero-order chi connectivity index (χ0) is 56.4. The number of rotatable bonds is 41. The maximum Gasteiger partial charge on any atom is 0.481 e. The van der Waals surface area contributed by atoms with Crippen LogP contribution < -0.4 is 11.4 Å². The lowest BCUT2D eigenvalue weighted by Crippen LogP contribution is -2.36. The zero-order valence-electron chi connectivity index (χ0n) is 44.6. The van der Waals surface area contributed by atoms with Crippen LogP contribution >= 0.6 is 15.6 Å². The molecular formula is C56H83N3O16P2. The van der Waals surface area contributed by atoms with Crippen molar-refractivity contribution in [1.29, 1.82) is 0 Å². The van der Waals surface area contributed by atoms with E-state index in [0.29, 0.717) is 12.8 Å². The normalized spacial score (nSPS) is 20.1. The maximum absolute atomic E-state index is 12.9. The first-order valence-corrected chi connectivity index (χ1v) is 29.3. The molecule has 77 heavy (non-hydrogen) atoms. The number of aliphatic hydroxyl groups excluding tert-OH is 3. The van der Waals surface area contributed by atoms with E-state index in [0.717, 1.165) is 62.1 Å². The Morgan fingerprint density at radius 2 is 1.23 bits per heavy atom. The lowest BCUT2D eigenvalue weighted by atomic mass is 10.1. The lowest BCUT2D eigenvalue weighted by molar-refractivity contribution is -0.161. The molecular weight excluding hydrogens is 1030 g/mol. The first-order valence-electron chi connectivity index (χ1n) is 26.3. The Labute approximate surface area is 454 Å². The van der Waals surface area contributed by atoms with E-state index in [1.807, 2.05) is 36.5 Å². The minimum absolute atomic E-state index is 0.0423. The van der Waals surface area contributed by atoms with Crippen LogP contribution in [0.25, 0.3) is 0 Å². The van der Waals surface area contributed by atoms with Gasteiger partial charge < -0.3 is 45.1 Å². The number of ether oxygens (including phenoxy) is 3. The van der Waals surface area contributed by atoms with E-state index in [-0.39, 0.29) is 31.5 Å². The minimum Gasteiger partial charge on any atom is -0.462 e. The fraction of sp³-hybridized carbons (Fsp3) is 0.500. The molecule has 1 aliphatic rings. The van der Waals surface area contributed by atoms with Crippen LogP contribution in [0.5, 0.6) is 0 Å². The number of esters is 2. The molecule has 1 saturated heterocycles. The highest BCUT2D eigenvalue weighted by molar-refractivity contribution is 7.61. The van der Waals surface area contributed by atoms with Crippen LogP contribution in [0.2, 0.25) is 0 Å². The minimum atomic E-state index is -5.49. The second-order valence-electron chi connectivity index (χ2n) is 17.5. The van der Waals surface area contributed by atoms with Crippen LogP contribution in [0.3, 0.4) is 0 Å². The van der Waals surface area contributed by atoms with Gasteiger partial charge in [0.2, 0.25) is 0 Å². The number of carbonyl (C=O) groups is 2. The van der Waals surface area contributed by atoms with Crippen LogP contribution in [0.15, 0.2) is 151 Å². The fourth-order valence-corrected chi connectivity index (χ4v) is 8.87. The van der Waals surface area contributed by atoms with Crippen molar-refractivity contribution in [1.82, 2.24) is 9.55 Å². The highest BCUT2D eigenvalue weighted by Crippen LogP contribution is 2.60. The second kappa shape index (κ2) is 41.9. The van der Waals surface area contributed by atoms with Gasteiger partial charge in [0.15, 0.2) is 12.3 Å². The fourth-order valence-electron chi connectivity index (χ4n) is 6.76. The van der Waals surface area contributed by atoms with Gasteiger partial charge in [-0.15, -0.1) is 0 Å². The van der Waals surface area contributed by atoms with Crippen molar-refractivity contribution in [2.24, 2.45) is 0 Å². The van der Waals surface area contributed by atoms with Gasteiger partial charge in [0.25, 0.3) is 0 Å². The molecule has 0 aromatic carbocycles. The molecule has 21 heteroatoms. The van der Waals surface area contributed by atoms with Crippen LogP contribution in [-0.4, -0.2) is 96.9 Å². The van der Waals surface area contributed by atoms with Crippen LogP contribution in [0, 0.1) is 0 Å². The highest BCUT2D eigenvalue weighted by atomic mass is 31.3. The number of carbonyl (C=O) groups excluding carboxylic acids is 2. The number of nitrogens with zero attached hydrogens (tertiary/aromatic N) is 2. The van der Waals surface area contributed by atoms with Crippen molar-refractivity contribution in [3.05, 3.63) is 156 Å². The maximum atomic E-state index is 12.9. The molecule has 0 amide bonds. The number of nitrogens with two attached hydrogens (primary N) is 1. The third-order valence-corrected chi connectivity index (χ3v) is 13.4. The number of phosphoric acid groups is 2. The number of hydrogen-bond donors (Lipinski definition) is 6. The van der Waals surface area contributed by atoms with Crippen LogP contribution in [-0.2, 0) is 46.3 Å². The van der Waals surface area contributed by atoms with Crippen molar-refractivity contribution in [3.8, 4) is 0 Å². The summed E-state index contributed by atoms with van der Waals surface area (Å²) >= 11 is 0. The van der Waals surface area contributed by atoms with E-state index in [1.165, 1.54) is 25.3 Å². The zero-order valence-corrected chi connectivity index (χ0v) is 46.3. The third-order valence-electron chi connectivity index (χ3n) is 10.8. The molecule has 0 spiro atoms. The molecule has 0 bridgehead atoms. The number of aromatic nitrogens is 2. The van der Waals surface area contributed by atoms with E-state index in [1.54, 1.807) is 24.3 Å². The summed E-state index contributed by atoms with van der Waals surface area (Å²) in [5, 5.41) is 31.2.